The summed E-state index contributed by atoms with van der Waals surface area (Å²) in [5.74, 6) is 1.66. The van der Waals surface area contributed by atoms with Crippen molar-refractivity contribution in [1.82, 2.24) is 0 Å². The summed E-state index contributed by atoms with van der Waals surface area (Å²) in [5, 5.41) is 11.1. The third-order valence-corrected chi connectivity index (χ3v) is 6.29. The minimum atomic E-state index is -0.671. The van der Waals surface area contributed by atoms with Crippen molar-refractivity contribution >= 4 is 5.78 Å². The van der Waals surface area contributed by atoms with Crippen LogP contribution in [0.5, 0.6) is 0 Å². The van der Waals surface area contributed by atoms with Gasteiger partial charge >= 0.3 is 0 Å². The first-order valence-corrected chi connectivity index (χ1v) is 7.81. The highest BCUT2D eigenvalue weighted by atomic mass is 16.3. The topological polar surface area (TPSA) is 37.3 Å². The van der Waals surface area contributed by atoms with Gasteiger partial charge in [-0.25, -0.2) is 0 Å². The third-order valence-electron chi connectivity index (χ3n) is 6.29. The Hall–Kier alpha value is -0.370. The zero-order valence-corrected chi connectivity index (χ0v) is 11.6. The van der Waals surface area contributed by atoms with E-state index in [9.17, 15) is 9.90 Å². The molecule has 3 saturated carbocycles. The summed E-state index contributed by atoms with van der Waals surface area (Å²) < 4.78 is 0. The average Bonchev–Trinajstić information content (AvgIpc) is 2.35. The SMILES string of the molecule is CC(=O)[C@@]12CCCC[C@]1(O)C[C@@H]1CCCC[C@@H]1C2. The molecule has 2 nitrogen and oxygen atoms in total. The molecule has 0 radical (unpaired) electrons. The van der Waals surface area contributed by atoms with Crippen LogP contribution in [0.15, 0.2) is 0 Å². The van der Waals surface area contributed by atoms with Gasteiger partial charge in [0.15, 0.2) is 0 Å². The monoisotopic (exact) mass is 250 g/mol. The standard InChI is InChI=1S/C16H26O2/c1-12(17)15-8-4-5-9-16(15,18)11-14-7-3-2-6-13(14)10-15/h13-14,18H,2-11H2,1H3/t13-,14+,15+,16+/m1/s1. The van der Waals surface area contributed by atoms with Crippen LogP contribution in [0.3, 0.4) is 0 Å². The fourth-order valence-corrected chi connectivity index (χ4v) is 5.26. The predicted octanol–water partition coefficient (Wildman–Crippen LogP) is 3.47. The van der Waals surface area contributed by atoms with Crippen molar-refractivity contribution in [2.45, 2.75) is 76.7 Å². The normalized spacial score (nSPS) is 48.1. The van der Waals surface area contributed by atoms with Crippen LogP contribution in [-0.4, -0.2) is 16.5 Å². The molecule has 0 saturated heterocycles. The third kappa shape index (κ3) is 1.68. The highest BCUT2D eigenvalue weighted by molar-refractivity contribution is 5.84. The molecular weight excluding hydrogens is 224 g/mol. The van der Waals surface area contributed by atoms with E-state index in [-0.39, 0.29) is 11.2 Å². The lowest BCUT2D eigenvalue weighted by atomic mass is 9.49. The van der Waals surface area contributed by atoms with Crippen molar-refractivity contribution in [3.05, 3.63) is 0 Å². The smallest absolute Gasteiger partial charge is 0.138 e. The molecule has 3 aliphatic carbocycles. The lowest BCUT2D eigenvalue weighted by molar-refractivity contribution is -0.183. The van der Waals surface area contributed by atoms with E-state index in [0.29, 0.717) is 11.8 Å². The van der Waals surface area contributed by atoms with Crippen LogP contribution in [0.2, 0.25) is 0 Å². The van der Waals surface area contributed by atoms with Gasteiger partial charge in [0.25, 0.3) is 0 Å². The van der Waals surface area contributed by atoms with Gasteiger partial charge in [0.1, 0.15) is 5.78 Å². The summed E-state index contributed by atoms with van der Waals surface area (Å²) in [6.45, 7) is 1.72. The van der Waals surface area contributed by atoms with Crippen molar-refractivity contribution in [2.75, 3.05) is 0 Å². The summed E-state index contributed by atoms with van der Waals surface area (Å²) in [5.41, 5.74) is -1.06. The van der Waals surface area contributed by atoms with Crippen molar-refractivity contribution in [3.8, 4) is 0 Å². The van der Waals surface area contributed by atoms with Gasteiger partial charge in [-0.2, -0.15) is 0 Å². The largest absolute Gasteiger partial charge is 0.389 e. The van der Waals surface area contributed by atoms with Crippen LogP contribution in [0, 0.1) is 17.3 Å². The second-order valence-corrected chi connectivity index (χ2v) is 7.09. The molecule has 2 heteroatoms. The Kier molecular flexibility index (Phi) is 3.04. The Labute approximate surface area is 110 Å². The van der Waals surface area contributed by atoms with Crippen LogP contribution in [0.25, 0.3) is 0 Å². The van der Waals surface area contributed by atoms with E-state index < -0.39 is 5.60 Å². The van der Waals surface area contributed by atoms with Crippen molar-refractivity contribution in [1.29, 1.82) is 0 Å². The minimum Gasteiger partial charge on any atom is -0.389 e. The van der Waals surface area contributed by atoms with Crippen molar-refractivity contribution in [3.63, 3.8) is 0 Å². The molecule has 3 rings (SSSR count). The zero-order valence-electron chi connectivity index (χ0n) is 11.6. The van der Waals surface area contributed by atoms with Gasteiger partial charge in [-0.3, -0.25) is 4.79 Å². The van der Waals surface area contributed by atoms with Gasteiger partial charge < -0.3 is 5.11 Å². The molecule has 1 N–H and O–H groups in total. The first-order valence-electron chi connectivity index (χ1n) is 7.81. The number of Topliss-reactive ketones (excluding diaryl/α,β-unsaturated/α-hetero) is 1. The van der Waals surface area contributed by atoms with Gasteiger partial charge in [0.2, 0.25) is 0 Å². The lowest BCUT2D eigenvalue weighted by Gasteiger charge is -2.57. The van der Waals surface area contributed by atoms with E-state index in [1.54, 1.807) is 6.92 Å². The molecule has 102 valence electrons. The summed E-state index contributed by atoms with van der Waals surface area (Å²) in [4.78, 5) is 12.3. The second kappa shape index (κ2) is 4.33. The van der Waals surface area contributed by atoms with Gasteiger partial charge in [0, 0.05) is 0 Å². The number of aliphatic hydroxyl groups is 1. The molecule has 0 aromatic heterocycles. The summed E-state index contributed by atoms with van der Waals surface area (Å²) in [6, 6.07) is 0. The number of hydrogen-bond acceptors (Lipinski definition) is 2. The molecule has 0 heterocycles. The molecular formula is C16H26O2. The van der Waals surface area contributed by atoms with Crippen molar-refractivity contribution < 1.29 is 9.90 Å². The van der Waals surface area contributed by atoms with Crippen LogP contribution < -0.4 is 0 Å². The number of carbonyl (C=O) groups excluding carboxylic acids is 1. The van der Waals surface area contributed by atoms with E-state index in [4.69, 9.17) is 0 Å². The van der Waals surface area contributed by atoms with Crippen LogP contribution in [-0.2, 0) is 4.79 Å². The zero-order chi connectivity index (χ0) is 12.8. The maximum atomic E-state index is 12.3. The van der Waals surface area contributed by atoms with E-state index in [1.807, 2.05) is 0 Å². The molecule has 0 aliphatic heterocycles. The fourth-order valence-electron chi connectivity index (χ4n) is 5.26. The number of ketones is 1. The van der Waals surface area contributed by atoms with Crippen LogP contribution in [0.1, 0.15) is 71.1 Å². The molecule has 0 aromatic rings. The fraction of sp³-hybridized carbons (Fsp3) is 0.938. The first-order chi connectivity index (χ1) is 8.57. The molecule has 18 heavy (non-hydrogen) atoms. The molecule has 0 bridgehead atoms. The van der Waals surface area contributed by atoms with E-state index in [2.05, 4.69) is 0 Å². The number of hydrogen-bond donors (Lipinski definition) is 1. The lowest BCUT2D eigenvalue weighted by Crippen LogP contribution is -2.60. The summed E-state index contributed by atoms with van der Waals surface area (Å²) >= 11 is 0. The maximum Gasteiger partial charge on any atom is 0.138 e. The first kappa shape index (κ1) is 12.7. The average molecular weight is 250 g/mol. The van der Waals surface area contributed by atoms with Gasteiger partial charge in [-0.15, -0.1) is 0 Å². The predicted molar refractivity (Wildman–Crippen MR) is 71.2 cm³/mol. The quantitative estimate of drug-likeness (QED) is 0.773. The van der Waals surface area contributed by atoms with Crippen molar-refractivity contribution in [2.24, 2.45) is 17.3 Å². The molecule has 0 unspecified atom stereocenters. The van der Waals surface area contributed by atoms with E-state index in [1.165, 1.54) is 25.7 Å². The van der Waals surface area contributed by atoms with E-state index >= 15 is 0 Å². The van der Waals surface area contributed by atoms with Crippen LogP contribution >= 0.6 is 0 Å². The number of fused-ring (bicyclic) bond motifs is 2. The molecule has 0 spiro atoms. The van der Waals surface area contributed by atoms with Gasteiger partial charge in [0.05, 0.1) is 11.0 Å². The molecule has 3 aliphatic rings. The highest BCUT2D eigenvalue weighted by Crippen LogP contribution is 2.59. The Balaban J connectivity index is 1.94. The van der Waals surface area contributed by atoms with Gasteiger partial charge in [-0.1, -0.05) is 38.5 Å². The Morgan fingerprint density at radius 2 is 1.61 bits per heavy atom. The molecule has 3 fully saturated rings. The van der Waals surface area contributed by atoms with Gasteiger partial charge in [-0.05, 0) is 44.4 Å². The summed E-state index contributed by atoms with van der Waals surface area (Å²) in [7, 11) is 0. The highest BCUT2D eigenvalue weighted by Gasteiger charge is 2.59. The maximum absolute atomic E-state index is 12.3. The Morgan fingerprint density at radius 3 is 2.28 bits per heavy atom. The van der Waals surface area contributed by atoms with Crippen LogP contribution in [0.4, 0.5) is 0 Å². The second-order valence-electron chi connectivity index (χ2n) is 7.09. The molecule has 4 atom stereocenters. The van der Waals surface area contributed by atoms with E-state index in [0.717, 1.165) is 38.5 Å². The number of rotatable bonds is 1. The molecule has 0 amide bonds. The number of carbonyl (C=O) groups is 1. The Morgan fingerprint density at radius 1 is 1.00 bits per heavy atom. The summed E-state index contributed by atoms with van der Waals surface area (Å²) in [6.07, 6.45) is 11.1. The Bertz CT molecular complexity index is 351. The minimum absolute atomic E-state index is 0.258. The molecule has 0 aromatic carbocycles.